The quantitative estimate of drug-likeness (QED) is 0.613. The summed E-state index contributed by atoms with van der Waals surface area (Å²) >= 11 is 0. The maximum absolute atomic E-state index is 11.5. The lowest BCUT2D eigenvalue weighted by Gasteiger charge is -2.32. The van der Waals surface area contributed by atoms with Gasteiger partial charge < -0.3 is 0 Å². The van der Waals surface area contributed by atoms with E-state index in [0.29, 0.717) is 5.92 Å². The van der Waals surface area contributed by atoms with Gasteiger partial charge in [-0.15, -0.1) is 0 Å². The number of hydrogen-bond acceptors (Lipinski definition) is 2. The Morgan fingerprint density at radius 1 is 1.43 bits per heavy atom. The zero-order chi connectivity index (χ0) is 10.2. The van der Waals surface area contributed by atoms with Gasteiger partial charge in [-0.1, -0.05) is 13.8 Å². The Hall–Kier alpha value is -0.380. The summed E-state index contributed by atoms with van der Waals surface area (Å²) in [6.45, 7) is 4.30. The SMILES string of the molecule is CC1(C)C2=NS(=O)(=O)CC23CCC1C3. The van der Waals surface area contributed by atoms with Crippen molar-refractivity contribution in [3.63, 3.8) is 0 Å². The van der Waals surface area contributed by atoms with Crippen LogP contribution in [0.3, 0.4) is 0 Å². The monoisotopic (exact) mass is 213 g/mol. The topological polar surface area (TPSA) is 46.5 Å². The van der Waals surface area contributed by atoms with E-state index in [-0.39, 0.29) is 16.6 Å². The van der Waals surface area contributed by atoms with Gasteiger partial charge in [-0.3, -0.25) is 0 Å². The van der Waals surface area contributed by atoms with E-state index in [9.17, 15) is 8.42 Å². The fourth-order valence-electron chi connectivity index (χ4n) is 3.77. The van der Waals surface area contributed by atoms with Crippen molar-refractivity contribution in [2.24, 2.45) is 21.1 Å². The van der Waals surface area contributed by atoms with E-state index in [0.717, 1.165) is 18.6 Å². The average Bonchev–Trinajstić information content (AvgIpc) is 2.58. The van der Waals surface area contributed by atoms with E-state index in [4.69, 9.17) is 0 Å². The summed E-state index contributed by atoms with van der Waals surface area (Å²) < 4.78 is 27.1. The molecular weight excluding hydrogens is 198 g/mol. The van der Waals surface area contributed by atoms with Crippen LogP contribution in [0.4, 0.5) is 0 Å². The number of fused-ring (bicyclic) bond motifs is 1. The molecule has 2 fully saturated rings. The van der Waals surface area contributed by atoms with E-state index in [1.165, 1.54) is 6.42 Å². The molecule has 2 bridgehead atoms. The highest BCUT2D eigenvalue weighted by Crippen LogP contribution is 2.63. The summed E-state index contributed by atoms with van der Waals surface area (Å²) in [4.78, 5) is 0. The van der Waals surface area contributed by atoms with Crippen molar-refractivity contribution in [2.45, 2.75) is 33.1 Å². The van der Waals surface area contributed by atoms with Crippen LogP contribution in [-0.4, -0.2) is 19.9 Å². The lowest BCUT2D eigenvalue weighted by atomic mass is 9.71. The molecule has 0 aromatic heterocycles. The predicted octanol–water partition coefficient (Wildman–Crippen LogP) is 1.60. The lowest BCUT2D eigenvalue weighted by molar-refractivity contribution is 0.334. The van der Waals surface area contributed by atoms with Crippen molar-refractivity contribution in [3.05, 3.63) is 0 Å². The first-order valence-electron chi connectivity index (χ1n) is 5.19. The van der Waals surface area contributed by atoms with Gasteiger partial charge in [0.25, 0.3) is 10.0 Å². The summed E-state index contributed by atoms with van der Waals surface area (Å²) in [5.74, 6) is 0.951. The summed E-state index contributed by atoms with van der Waals surface area (Å²) in [7, 11) is -3.13. The van der Waals surface area contributed by atoms with Crippen LogP contribution in [-0.2, 0) is 10.0 Å². The Kier molecular flexibility index (Phi) is 1.32. The van der Waals surface area contributed by atoms with Crippen LogP contribution < -0.4 is 0 Å². The molecule has 3 aliphatic rings. The number of sulfonamides is 1. The van der Waals surface area contributed by atoms with Crippen LogP contribution in [0.25, 0.3) is 0 Å². The van der Waals surface area contributed by atoms with Crippen molar-refractivity contribution in [3.8, 4) is 0 Å². The van der Waals surface area contributed by atoms with Crippen LogP contribution in [0, 0.1) is 16.7 Å². The van der Waals surface area contributed by atoms with Crippen molar-refractivity contribution >= 4 is 15.7 Å². The van der Waals surface area contributed by atoms with E-state index in [1.54, 1.807) is 0 Å². The molecule has 0 aromatic rings. The van der Waals surface area contributed by atoms with Gasteiger partial charge in [0, 0.05) is 16.5 Å². The number of rotatable bonds is 0. The minimum atomic E-state index is -3.13. The summed E-state index contributed by atoms with van der Waals surface area (Å²) in [6, 6.07) is 0. The second-order valence-electron chi connectivity index (χ2n) is 5.61. The molecule has 0 aromatic carbocycles. The third-order valence-corrected chi connectivity index (χ3v) is 5.81. The smallest absolute Gasteiger partial charge is 0.205 e. The predicted molar refractivity (Wildman–Crippen MR) is 54.8 cm³/mol. The molecule has 1 aliphatic heterocycles. The fraction of sp³-hybridized carbons (Fsp3) is 0.900. The highest BCUT2D eigenvalue weighted by molar-refractivity contribution is 7.90. The maximum atomic E-state index is 11.5. The zero-order valence-electron chi connectivity index (χ0n) is 8.58. The van der Waals surface area contributed by atoms with Gasteiger partial charge in [0.2, 0.25) is 0 Å². The third kappa shape index (κ3) is 0.835. The first-order chi connectivity index (χ1) is 6.36. The number of nitrogens with zero attached hydrogens (tertiary/aromatic N) is 1. The Morgan fingerprint density at radius 3 is 2.79 bits per heavy atom. The number of hydrogen-bond donors (Lipinski definition) is 0. The van der Waals surface area contributed by atoms with Gasteiger partial charge in [-0.25, -0.2) is 8.42 Å². The molecule has 1 heterocycles. The molecule has 78 valence electrons. The largest absolute Gasteiger partial charge is 0.254 e. The van der Waals surface area contributed by atoms with Gasteiger partial charge in [0.05, 0.1) is 5.75 Å². The van der Waals surface area contributed by atoms with Gasteiger partial charge in [-0.2, -0.15) is 4.40 Å². The molecule has 14 heavy (non-hydrogen) atoms. The standard InChI is InChI=1S/C10H15NO2S/c1-9(2)7-3-4-10(5-7)6-14(12,13)11-8(9)10/h7H,3-6H2,1-2H3. The van der Waals surface area contributed by atoms with Crippen molar-refractivity contribution in [1.82, 2.24) is 0 Å². The van der Waals surface area contributed by atoms with E-state index in [2.05, 4.69) is 18.2 Å². The van der Waals surface area contributed by atoms with E-state index >= 15 is 0 Å². The Bertz CT molecular complexity index is 435. The lowest BCUT2D eigenvalue weighted by Crippen LogP contribution is -2.36. The molecule has 3 rings (SSSR count). The average molecular weight is 213 g/mol. The molecule has 4 heteroatoms. The molecule has 0 N–H and O–H groups in total. The Labute approximate surface area is 84.7 Å². The van der Waals surface area contributed by atoms with Crippen LogP contribution in [0.5, 0.6) is 0 Å². The molecule has 0 radical (unpaired) electrons. The second-order valence-corrected chi connectivity index (χ2v) is 7.24. The van der Waals surface area contributed by atoms with Crippen molar-refractivity contribution < 1.29 is 8.42 Å². The molecule has 2 atom stereocenters. The molecule has 0 amide bonds. The molecule has 1 spiro atoms. The molecule has 2 unspecified atom stereocenters. The fourth-order valence-corrected chi connectivity index (χ4v) is 5.64. The summed E-state index contributed by atoms with van der Waals surface area (Å²) in [5.41, 5.74) is 0.968. The molecule has 0 saturated heterocycles. The first kappa shape index (κ1) is 8.89. The van der Waals surface area contributed by atoms with E-state index in [1.807, 2.05) is 0 Å². The van der Waals surface area contributed by atoms with Gasteiger partial charge in [0.1, 0.15) is 0 Å². The summed E-state index contributed by atoms with van der Waals surface area (Å²) in [6.07, 6.45) is 3.28. The molecule has 2 aliphatic carbocycles. The summed E-state index contributed by atoms with van der Waals surface area (Å²) in [5, 5.41) is 0. The first-order valence-corrected chi connectivity index (χ1v) is 6.80. The molecular formula is C10H15NO2S. The van der Waals surface area contributed by atoms with Gasteiger partial charge in [0.15, 0.2) is 0 Å². The normalized spacial score (nSPS) is 46.4. The third-order valence-electron chi connectivity index (χ3n) is 4.43. The van der Waals surface area contributed by atoms with Crippen LogP contribution in [0.2, 0.25) is 0 Å². The minimum absolute atomic E-state index is 0.0296. The van der Waals surface area contributed by atoms with Crippen LogP contribution >= 0.6 is 0 Å². The Balaban J connectivity index is 2.22. The Morgan fingerprint density at radius 2 is 2.14 bits per heavy atom. The minimum Gasteiger partial charge on any atom is -0.205 e. The molecule has 2 saturated carbocycles. The maximum Gasteiger partial charge on any atom is 0.254 e. The highest BCUT2D eigenvalue weighted by atomic mass is 32.2. The molecule has 3 nitrogen and oxygen atoms in total. The van der Waals surface area contributed by atoms with Gasteiger partial charge >= 0.3 is 0 Å². The van der Waals surface area contributed by atoms with Gasteiger partial charge in [-0.05, 0) is 25.2 Å². The van der Waals surface area contributed by atoms with E-state index < -0.39 is 10.0 Å². The zero-order valence-corrected chi connectivity index (χ0v) is 9.39. The van der Waals surface area contributed by atoms with Crippen LogP contribution in [0.1, 0.15) is 33.1 Å². The van der Waals surface area contributed by atoms with Crippen molar-refractivity contribution in [1.29, 1.82) is 0 Å². The highest BCUT2D eigenvalue weighted by Gasteiger charge is 2.63. The second kappa shape index (κ2) is 2.08. The van der Waals surface area contributed by atoms with Crippen molar-refractivity contribution in [2.75, 3.05) is 5.75 Å². The van der Waals surface area contributed by atoms with Crippen LogP contribution in [0.15, 0.2) is 4.40 Å².